The molecule has 0 saturated heterocycles. The van der Waals surface area contributed by atoms with Gasteiger partial charge in [-0.1, -0.05) is 6.92 Å². The van der Waals surface area contributed by atoms with Crippen LogP contribution in [0, 0.1) is 5.92 Å². The Morgan fingerprint density at radius 1 is 1.26 bits per heavy atom. The van der Waals surface area contributed by atoms with Crippen LogP contribution in [0.4, 0.5) is 0 Å². The predicted octanol–water partition coefficient (Wildman–Crippen LogP) is 3.47. The van der Waals surface area contributed by atoms with Gasteiger partial charge >= 0.3 is 0 Å². The lowest BCUT2D eigenvalue weighted by molar-refractivity contribution is 0.0374. The van der Waals surface area contributed by atoms with Gasteiger partial charge in [0.25, 0.3) is 0 Å². The van der Waals surface area contributed by atoms with E-state index in [4.69, 9.17) is 9.47 Å². The summed E-state index contributed by atoms with van der Waals surface area (Å²) in [5.41, 5.74) is 0.717. The van der Waals surface area contributed by atoms with Gasteiger partial charge in [-0.05, 0) is 56.4 Å². The molecule has 1 saturated carbocycles. The summed E-state index contributed by atoms with van der Waals surface area (Å²) in [4.78, 5) is 12.4. The highest BCUT2D eigenvalue weighted by molar-refractivity contribution is 6.00. The highest BCUT2D eigenvalue weighted by atomic mass is 16.5. The lowest BCUT2D eigenvalue weighted by atomic mass is 10.0. The van der Waals surface area contributed by atoms with Crippen molar-refractivity contribution in [3.63, 3.8) is 0 Å². The van der Waals surface area contributed by atoms with E-state index in [2.05, 4.69) is 6.92 Å². The maximum Gasteiger partial charge on any atom is 0.191 e. The molecular weight excluding hydrogens is 240 g/mol. The van der Waals surface area contributed by atoms with E-state index in [9.17, 15) is 4.79 Å². The van der Waals surface area contributed by atoms with Crippen molar-refractivity contribution in [1.29, 1.82) is 0 Å². The van der Waals surface area contributed by atoms with Crippen molar-refractivity contribution in [1.82, 2.24) is 0 Å². The zero-order chi connectivity index (χ0) is 13.7. The zero-order valence-corrected chi connectivity index (χ0v) is 11.7. The van der Waals surface area contributed by atoms with Gasteiger partial charge in [0.1, 0.15) is 11.9 Å². The van der Waals surface area contributed by atoms with Crippen LogP contribution in [0.25, 0.3) is 0 Å². The first-order chi connectivity index (χ1) is 9.26. The number of hydrogen-bond acceptors (Lipinski definition) is 3. The number of hydrogen-bond donors (Lipinski definition) is 0. The fourth-order valence-corrected chi connectivity index (χ4v) is 2.10. The Kier molecular flexibility index (Phi) is 4.97. The van der Waals surface area contributed by atoms with E-state index in [0.29, 0.717) is 24.7 Å². The van der Waals surface area contributed by atoms with Gasteiger partial charge in [0.2, 0.25) is 0 Å². The van der Waals surface area contributed by atoms with Crippen molar-refractivity contribution in [2.75, 3.05) is 13.2 Å². The van der Waals surface area contributed by atoms with E-state index < -0.39 is 0 Å². The van der Waals surface area contributed by atoms with Gasteiger partial charge in [0, 0.05) is 12.2 Å². The van der Waals surface area contributed by atoms with Gasteiger partial charge < -0.3 is 9.47 Å². The second kappa shape index (κ2) is 6.71. The highest BCUT2D eigenvalue weighted by Crippen LogP contribution is 2.36. The summed E-state index contributed by atoms with van der Waals surface area (Å²) in [5.74, 6) is 1.34. The molecule has 1 atom stereocenters. The van der Waals surface area contributed by atoms with Crippen molar-refractivity contribution in [3.8, 4) is 5.75 Å². The first kappa shape index (κ1) is 14.1. The quantitative estimate of drug-likeness (QED) is 0.673. The molecule has 19 heavy (non-hydrogen) atoms. The molecule has 0 N–H and O–H groups in total. The Labute approximate surface area is 114 Å². The van der Waals surface area contributed by atoms with Crippen LogP contribution in [0.2, 0.25) is 0 Å². The molecule has 1 fully saturated rings. The van der Waals surface area contributed by atoms with Crippen LogP contribution in [0.15, 0.2) is 24.3 Å². The topological polar surface area (TPSA) is 35.5 Å². The van der Waals surface area contributed by atoms with Crippen molar-refractivity contribution in [3.05, 3.63) is 29.8 Å². The molecule has 3 heteroatoms. The number of Topliss-reactive ketones (excluding diaryl/α,β-unsaturated/α-hetero) is 1. The molecule has 0 aromatic heterocycles. The minimum atomic E-state index is -0.257. The third-order valence-electron chi connectivity index (χ3n) is 3.27. The number of ether oxygens (including phenoxy) is 2. The molecule has 0 amide bonds. The van der Waals surface area contributed by atoms with Crippen LogP contribution >= 0.6 is 0 Å². The van der Waals surface area contributed by atoms with Crippen molar-refractivity contribution >= 4 is 5.78 Å². The van der Waals surface area contributed by atoms with Crippen LogP contribution in [-0.2, 0) is 4.74 Å². The van der Waals surface area contributed by atoms with Crippen molar-refractivity contribution in [2.45, 2.75) is 39.2 Å². The number of rotatable bonds is 8. The average Bonchev–Trinajstić information content (AvgIpc) is 3.27. The molecule has 0 heterocycles. The summed E-state index contributed by atoms with van der Waals surface area (Å²) >= 11 is 0. The fraction of sp³-hybridized carbons (Fsp3) is 0.562. The summed E-state index contributed by atoms with van der Waals surface area (Å²) in [5, 5.41) is 0. The minimum Gasteiger partial charge on any atom is -0.494 e. The van der Waals surface area contributed by atoms with Gasteiger partial charge in [-0.25, -0.2) is 0 Å². The molecule has 1 aromatic rings. The summed E-state index contributed by atoms with van der Waals surface area (Å²) in [6, 6.07) is 7.39. The Hall–Kier alpha value is -1.35. The van der Waals surface area contributed by atoms with E-state index >= 15 is 0 Å². The molecule has 104 valence electrons. The van der Waals surface area contributed by atoms with Crippen molar-refractivity contribution < 1.29 is 14.3 Å². The normalized spacial score (nSPS) is 16.1. The van der Waals surface area contributed by atoms with Gasteiger partial charge in [-0.3, -0.25) is 4.79 Å². The first-order valence-electron chi connectivity index (χ1n) is 7.15. The molecular formula is C16H22O3. The lowest BCUT2D eigenvalue weighted by Gasteiger charge is -2.15. The van der Waals surface area contributed by atoms with Crippen LogP contribution in [-0.4, -0.2) is 25.1 Å². The Morgan fingerprint density at radius 3 is 2.47 bits per heavy atom. The van der Waals surface area contributed by atoms with Gasteiger partial charge in [0.05, 0.1) is 6.61 Å². The lowest BCUT2D eigenvalue weighted by Crippen LogP contribution is -2.26. The molecule has 3 nitrogen and oxygen atoms in total. The van der Waals surface area contributed by atoms with Crippen LogP contribution in [0.3, 0.4) is 0 Å². The van der Waals surface area contributed by atoms with E-state index in [1.165, 1.54) is 0 Å². The molecule has 0 spiro atoms. The van der Waals surface area contributed by atoms with E-state index in [1.54, 1.807) is 0 Å². The number of ketones is 1. The molecule has 1 aromatic carbocycles. The Bertz CT molecular complexity index is 407. The van der Waals surface area contributed by atoms with Gasteiger partial charge in [0.15, 0.2) is 5.78 Å². The summed E-state index contributed by atoms with van der Waals surface area (Å²) < 4.78 is 11.1. The average molecular weight is 262 g/mol. The predicted molar refractivity (Wildman–Crippen MR) is 74.7 cm³/mol. The Morgan fingerprint density at radius 2 is 1.95 bits per heavy atom. The molecule has 0 bridgehead atoms. The summed E-state index contributed by atoms with van der Waals surface area (Å²) in [7, 11) is 0. The SMILES string of the molecule is CCCOc1ccc(C(=O)C(OCC)C2CC2)cc1. The molecule has 1 unspecified atom stereocenters. The molecule has 0 radical (unpaired) electrons. The monoisotopic (exact) mass is 262 g/mol. The zero-order valence-electron chi connectivity index (χ0n) is 11.7. The van der Waals surface area contributed by atoms with Crippen LogP contribution < -0.4 is 4.74 Å². The van der Waals surface area contributed by atoms with Crippen LogP contribution in [0.5, 0.6) is 5.75 Å². The van der Waals surface area contributed by atoms with E-state index in [0.717, 1.165) is 25.0 Å². The maximum atomic E-state index is 12.4. The Balaban J connectivity index is 2.01. The standard InChI is InChI=1S/C16H22O3/c1-3-11-19-14-9-7-12(8-10-14)15(17)16(18-4-2)13-5-6-13/h7-10,13,16H,3-6,11H2,1-2H3. The van der Waals surface area contributed by atoms with Crippen molar-refractivity contribution in [2.24, 2.45) is 5.92 Å². The maximum absolute atomic E-state index is 12.4. The molecule has 2 rings (SSSR count). The number of benzene rings is 1. The molecule has 0 aliphatic heterocycles. The minimum absolute atomic E-state index is 0.103. The van der Waals surface area contributed by atoms with Crippen LogP contribution in [0.1, 0.15) is 43.5 Å². The molecule has 1 aliphatic carbocycles. The second-order valence-corrected chi connectivity index (χ2v) is 4.95. The highest BCUT2D eigenvalue weighted by Gasteiger charge is 2.37. The second-order valence-electron chi connectivity index (χ2n) is 4.95. The summed E-state index contributed by atoms with van der Waals surface area (Å²) in [6.07, 6.45) is 2.93. The fourth-order valence-electron chi connectivity index (χ4n) is 2.10. The smallest absolute Gasteiger partial charge is 0.191 e. The number of carbonyl (C=O) groups excluding carboxylic acids is 1. The number of carbonyl (C=O) groups is 1. The molecule has 1 aliphatic rings. The third-order valence-corrected chi connectivity index (χ3v) is 3.27. The largest absolute Gasteiger partial charge is 0.494 e. The van der Waals surface area contributed by atoms with Gasteiger partial charge in [-0.15, -0.1) is 0 Å². The first-order valence-corrected chi connectivity index (χ1v) is 7.15. The third kappa shape index (κ3) is 3.80. The summed E-state index contributed by atoms with van der Waals surface area (Å²) in [6.45, 7) is 5.30. The van der Waals surface area contributed by atoms with E-state index in [-0.39, 0.29) is 11.9 Å². The van der Waals surface area contributed by atoms with Gasteiger partial charge in [-0.2, -0.15) is 0 Å². The van der Waals surface area contributed by atoms with E-state index in [1.807, 2.05) is 31.2 Å².